The highest BCUT2D eigenvalue weighted by molar-refractivity contribution is 7.89. The Hall–Kier alpha value is -2.91. The Morgan fingerprint density at radius 2 is 1.66 bits per heavy atom. The van der Waals surface area contributed by atoms with E-state index < -0.39 is 10.0 Å². The number of piperazine rings is 1. The molecule has 1 amide bonds. The van der Waals surface area contributed by atoms with Crippen molar-refractivity contribution in [3.8, 4) is 0 Å². The maximum atomic E-state index is 13.3. The fraction of sp³-hybridized carbons (Fsp3) is 0.348. The third-order valence-corrected chi connectivity index (χ3v) is 7.76. The molecular formula is C23H27FN4O3S. The molecule has 7 nitrogen and oxygen atoms in total. The molecule has 0 spiro atoms. The topological polar surface area (TPSA) is 65.9 Å². The minimum Gasteiger partial charge on any atom is -0.368 e. The molecule has 0 bridgehead atoms. The van der Waals surface area contributed by atoms with Gasteiger partial charge in [-0.25, -0.2) is 17.1 Å². The average molecular weight is 459 g/mol. The van der Waals surface area contributed by atoms with Crippen molar-refractivity contribution in [3.63, 3.8) is 0 Å². The number of rotatable bonds is 5. The van der Waals surface area contributed by atoms with Crippen molar-refractivity contribution in [2.45, 2.75) is 18.4 Å². The van der Waals surface area contributed by atoms with Crippen molar-refractivity contribution in [3.05, 3.63) is 60.0 Å². The maximum Gasteiger partial charge on any atom is 0.270 e. The first-order chi connectivity index (χ1) is 15.2. The Morgan fingerprint density at radius 3 is 2.25 bits per heavy atom. The van der Waals surface area contributed by atoms with E-state index in [0.717, 1.165) is 16.6 Å². The van der Waals surface area contributed by atoms with Gasteiger partial charge in [0.15, 0.2) is 0 Å². The van der Waals surface area contributed by atoms with Crippen LogP contribution in [0.3, 0.4) is 0 Å². The van der Waals surface area contributed by atoms with Crippen LogP contribution in [0.15, 0.2) is 53.4 Å². The Balaban J connectivity index is 1.57. The predicted octanol–water partition coefficient (Wildman–Crippen LogP) is 3.01. The highest BCUT2D eigenvalue weighted by Gasteiger charge is 2.26. The van der Waals surface area contributed by atoms with Crippen LogP contribution < -0.4 is 4.90 Å². The van der Waals surface area contributed by atoms with Crippen molar-refractivity contribution in [2.75, 3.05) is 45.2 Å². The van der Waals surface area contributed by atoms with Crippen molar-refractivity contribution in [1.82, 2.24) is 13.8 Å². The lowest BCUT2D eigenvalue weighted by Crippen LogP contribution is -2.49. The molecule has 0 atom stereocenters. The number of fused-ring (bicyclic) bond motifs is 1. The van der Waals surface area contributed by atoms with Crippen LogP contribution in [0.4, 0.5) is 10.1 Å². The third kappa shape index (κ3) is 3.98. The van der Waals surface area contributed by atoms with Crippen LogP contribution in [0.1, 0.15) is 17.4 Å². The molecule has 0 radical (unpaired) electrons. The van der Waals surface area contributed by atoms with Gasteiger partial charge in [-0.15, -0.1) is 0 Å². The van der Waals surface area contributed by atoms with E-state index in [2.05, 4.69) is 4.90 Å². The van der Waals surface area contributed by atoms with Crippen molar-refractivity contribution >= 4 is 32.5 Å². The SMILES string of the molecule is CCn1c(C(=O)N2CCN(c3ccc(F)cc3)CC2)cc2cc(S(=O)(=O)N(C)C)ccc21. The number of aromatic nitrogens is 1. The van der Waals surface area contributed by atoms with Gasteiger partial charge < -0.3 is 14.4 Å². The summed E-state index contributed by atoms with van der Waals surface area (Å²) in [6.45, 7) is 5.00. The molecule has 1 aromatic heterocycles. The molecule has 1 saturated heterocycles. The number of halogens is 1. The van der Waals surface area contributed by atoms with Crippen molar-refractivity contribution in [2.24, 2.45) is 0 Å². The zero-order chi connectivity index (χ0) is 23.0. The monoisotopic (exact) mass is 458 g/mol. The molecule has 2 aromatic carbocycles. The predicted molar refractivity (Wildman–Crippen MR) is 123 cm³/mol. The van der Waals surface area contributed by atoms with Crippen LogP contribution in [-0.4, -0.2) is 68.4 Å². The molecule has 3 aromatic rings. The van der Waals surface area contributed by atoms with Gasteiger partial charge in [0, 0.05) is 63.4 Å². The van der Waals surface area contributed by atoms with Crippen LogP contribution in [0.25, 0.3) is 10.9 Å². The fourth-order valence-corrected chi connectivity index (χ4v) is 5.06. The zero-order valence-electron chi connectivity index (χ0n) is 18.5. The number of hydrogen-bond acceptors (Lipinski definition) is 4. The van der Waals surface area contributed by atoms with Gasteiger partial charge in [-0.2, -0.15) is 0 Å². The summed E-state index contributed by atoms with van der Waals surface area (Å²) in [7, 11) is -0.560. The quantitative estimate of drug-likeness (QED) is 0.590. The van der Waals surface area contributed by atoms with Crippen LogP contribution in [-0.2, 0) is 16.6 Å². The van der Waals surface area contributed by atoms with Gasteiger partial charge in [0.25, 0.3) is 5.91 Å². The Labute approximate surface area is 187 Å². The van der Waals surface area contributed by atoms with E-state index in [1.165, 1.54) is 30.5 Å². The van der Waals surface area contributed by atoms with E-state index in [1.54, 1.807) is 36.4 Å². The van der Waals surface area contributed by atoms with E-state index >= 15 is 0 Å². The number of aryl methyl sites for hydroxylation is 1. The summed E-state index contributed by atoms with van der Waals surface area (Å²) in [5.41, 5.74) is 2.33. The van der Waals surface area contributed by atoms with E-state index in [-0.39, 0.29) is 16.6 Å². The van der Waals surface area contributed by atoms with Gasteiger partial charge in [-0.3, -0.25) is 4.79 Å². The third-order valence-electron chi connectivity index (χ3n) is 5.95. The summed E-state index contributed by atoms with van der Waals surface area (Å²) in [6, 6.07) is 13.1. The Kier molecular flexibility index (Phi) is 5.96. The van der Waals surface area contributed by atoms with Gasteiger partial charge in [0.05, 0.1) is 4.90 Å². The van der Waals surface area contributed by atoms with Gasteiger partial charge in [0.1, 0.15) is 11.5 Å². The van der Waals surface area contributed by atoms with Crippen LogP contribution in [0, 0.1) is 5.82 Å². The summed E-state index contributed by atoms with van der Waals surface area (Å²) in [6.07, 6.45) is 0. The lowest BCUT2D eigenvalue weighted by Gasteiger charge is -2.36. The number of amides is 1. The summed E-state index contributed by atoms with van der Waals surface area (Å²) >= 11 is 0. The fourth-order valence-electron chi connectivity index (χ4n) is 4.12. The normalized spacial score (nSPS) is 15.0. The van der Waals surface area contributed by atoms with Crippen LogP contribution in [0.2, 0.25) is 0 Å². The van der Waals surface area contributed by atoms with Crippen LogP contribution in [0.5, 0.6) is 0 Å². The molecule has 4 rings (SSSR count). The minimum atomic E-state index is -3.55. The summed E-state index contributed by atoms with van der Waals surface area (Å²) < 4.78 is 41.3. The van der Waals surface area contributed by atoms with Gasteiger partial charge in [0.2, 0.25) is 10.0 Å². The average Bonchev–Trinajstić information content (AvgIpc) is 3.17. The molecule has 0 aliphatic carbocycles. The highest BCUT2D eigenvalue weighted by Crippen LogP contribution is 2.26. The molecule has 0 unspecified atom stereocenters. The maximum absolute atomic E-state index is 13.3. The standard InChI is InChI=1S/C23H27FN4O3S/c1-4-28-21-10-9-20(32(30,31)25(2)3)15-17(21)16-22(28)23(29)27-13-11-26(12-14-27)19-7-5-18(24)6-8-19/h5-10,15-16H,4,11-14H2,1-3H3. The largest absolute Gasteiger partial charge is 0.368 e. The molecule has 0 saturated carbocycles. The molecule has 2 heterocycles. The number of anilines is 1. The zero-order valence-corrected chi connectivity index (χ0v) is 19.3. The van der Waals surface area contributed by atoms with Gasteiger partial charge in [-0.1, -0.05) is 0 Å². The second-order valence-corrected chi connectivity index (χ2v) is 10.2. The molecule has 32 heavy (non-hydrogen) atoms. The lowest BCUT2D eigenvalue weighted by molar-refractivity contribution is 0.0736. The molecule has 170 valence electrons. The first-order valence-electron chi connectivity index (χ1n) is 10.6. The molecule has 1 fully saturated rings. The first kappa shape index (κ1) is 22.3. The minimum absolute atomic E-state index is 0.0705. The number of carbonyl (C=O) groups is 1. The first-order valence-corrected chi connectivity index (χ1v) is 12.0. The molecule has 9 heteroatoms. The smallest absolute Gasteiger partial charge is 0.270 e. The van der Waals surface area contributed by atoms with E-state index in [4.69, 9.17) is 0 Å². The molecular weight excluding hydrogens is 431 g/mol. The van der Waals surface area contributed by atoms with Crippen molar-refractivity contribution in [1.29, 1.82) is 0 Å². The molecule has 1 aliphatic rings. The lowest BCUT2D eigenvalue weighted by atomic mass is 10.2. The number of hydrogen-bond donors (Lipinski definition) is 0. The number of nitrogens with zero attached hydrogens (tertiary/aromatic N) is 4. The van der Waals surface area contributed by atoms with Crippen LogP contribution >= 0.6 is 0 Å². The second-order valence-electron chi connectivity index (χ2n) is 8.04. The number of sulfonamides is 1. The van der Waals surface area contributed by atoms with Gasteiger partial charge in [-0.05, 0) is 55.5 Å². The van der Waals surface area contributed by atoms with E-state index in [9.17, 15) is 17.6 Å². The summed E-state index contributed by atoms with van der Waals surface area (Å²) in [5.74, 6) is -0.338. The van der Waals surface area contributed by atoms with Gasteiger partial charge >= 0.3 is 0 Å². The number of carbonyl (C=O) groups excluding carboxylic acids is 1. The van der Waals surface area contributed by atoms with E-state index in [0.29, 0.717) is 38.4 Å². The Morgan fingerprint density at radius 1 is 1.00 bits per heavy atom. The Bertz CT molecular complexity index is 1240. The number of benzene rings is 2. The summed E-state index contributed by atoms with van der Waals surface area (Å²) in [5, 5.41) is 0.725. The van der Waals surface area contributed by atoms with Crippen molar-refractivity contribution < 1.29 is 17.6 Å². The van der Waals surface area contributed by atoms with E-state index in [1.807, 2.05) is 16.4 Å². The highest BCUT2D eigenvalue weighted by atomic mass is 32.2. The molecule has 0 N–H and O–H groups in total. The summed E-state index contributed by atoms with van der Waals surface area (Å²) in [4.78, 5) is 17.5. The second kappa shape index (κ2) is 8.55. The molecule has 1 aliphatic heterocycles.